The lowest BCUT2D eigenvalue weighted by atomic mass is 10.1. The van der Waals surface area contributed by atoms with E-state index in [9.17, 15) is 27.2 Å². The maximum Gasteiger partial charge on any atom is 0.346 e. The quantitative estimate of drug-likeness (QED) is 0.228. The third-order valence-corrected chi connectivity index (χ3v) is 4.55. The Balaban J connectivity index is 1.57. The molecule has 0 atom stereocenters. The number of hydrogen-bond acceptors (Lipinski definition) is 4. The van der Waals surface area contributed by atoms with Crippen molar-refractivity contribution in [2.24, 2.45) is 0 Å². The first-order chi connectivity index (χ1) is 15.3. The molecule has 4 nitrogen and oxygen atoms in total. The van der Waals surface area contributed by atoms with Crippen LogP contribution in [-0.4, -0.2) is 11.9 Å². The van der Waals surface area contributed by atoms with Gasteiger partial charge >= 0.3 is 11.9 Å². The van der Waals surface area contributed by atoms with Crippen LogP contribution in [-0.2, 0) is 0 Å². The number of halogens is 4. The number of hydrogen-bond donors (Lipinski definition) is 0. The monoisotopic (exact) mass is 440 g/mol. The summed E-state index contributed by atoms with van der Waals surface area (Å²) < 4.78 is 64.5. The lowest BCUT2D eigenvalue weighted by Crippen LogP contribution is -2.12. The van der Waals surface area contributed by atoms with Crippen LogP contribution >= 0.6 is 0 Å². The van der Waals surface area contributed by atoms with Crippen molar-refractivity contribution in [3.05, 3.63) is 107 Å². The lowest BCUT2D eigenvalue weighted by Gasteiger charge is -2.09. The number of benzene rings is 4. The van der Waals surface area contributed by atoms with Gasteiger partial charge in [0, 0.05) is 0 Å². The van der Waals surface area contributed by atoms with Crippen LogP contribution in [0, 0.1) is 23.3 Å². The molecule has 0 saturated carbocycles. The standard InChI is InChI=1S/C24H12F4O4/c25-19-5-1-3-17(21(19)27)23(29)31-15-9-7-13-8-10-16(12-14(13)11-15)32-24(30)18-4-2-6-20(26)22(18)28/h1-12H. The fourth-order valence-electron chi connectivity index (χ4n) is 2.98. The van der Waals surface area contributed by atoms with Crippen LogP contribution in [0.15, 0.2) is 72.8 Å². The molecule has 0 fully saturated rings. The van der Waals surface area contributed by atoms with Gasteiger partial charge in [-0.2, -0.15) is 0 Å². The highest BCUT2D eigenvalue weighted by atomic mass is 19.2. The summed E-state index contributed by atoms with van der Waals surface area (Å²) in [7, 11) is 0. The van der Waals surface area contributed by atoms with Crippen molar-refractivity contribution in [1.82, 2.24) is 0 Å². The average Bonchev–Trinajstić information content (AvgIpc) is 2.77. The summed E-state index contributed by atoms with van der Waals surface area (Å²) in [4.78, 5) is 24.4. The molecule has 0 aromatic heterocycles. The number of carbonyl (C=O) groups excluding carboxylic acids is 2. The van der Waals surface area contributed by atoms with Gasteiger partial charge in [-0.15, -0.1) is 0 Å². The third-order valence-electron chi connectivity index (χ3n) is 4.55. The molecule has 0 bridgehead atoms. The summed E-state index contributed by atoms with van der Waals surface area (Å²) in [6.07, 6.45) is 0. The summed E-state index contributed by atoms with van der Waals surface area (Å²) >= 11 is 0. The van der Waals surface area contributed by atoms with E-state index >= 15 is 0 Å². The second-order valence-electron chi connectivity index (χ2n) is 6.65. The smallest absolute Gasteiger partial charge is 0.346 e. The van der Waals surface area contributed by atoms with Gasteiger partial charge in [0.2, 0.25) is 0 Å². The molecule has 0 aliphatic heterocycles. The van der Waals surface area contributed by atoms with Crippen molar-refractivity contribution in [1.29, 1.82) is 0 Å². The van der Waals surface area contributed by atoms with Gasteiger partial charge in [0.05, 0.1) is 11.1 Å². The number of ether oxygens (including phenoxy) is 2. The Morgan fingerprint density at radius 1 is 0.562 bits per heavy atom. The Labute approximate surface area is 178 Å². The normalized spacial score (nSPS) is 10.8. The molecule has 0 heterocycles. The van der Waals surface area contributed by atoms with Crippen LogP contribution in [0.2, 0.25) is 0 Å². The molecule has 4 aromatic carbocycles. The molecular weight excluding hydrogens is 428 g/mol. The van der Waals surface area contributed by atoms with Crippen molar-refractivity contribution < 1.29 is 36.6 Å². The number of carbonyl (C=O) groups is 2. The molecule has 0 N–H and O–H groups in total. The van der Waals surface area contributed by atoms with Crippen LogP contribution in [0.1, 0.15) is 20.7 Å². The van der Waals surface area contributed by atoms with Gasteiger partial charge in [-0.1, -0.05) is 24.3 Å². The molecule has 4 aromatic rings. The topological polar surface area (TPSA) is 52.6 Å². The van der Waals surface area contributed by atoms with Crippen molar-refractivity contribution in [3.63, 3.8) is 0 Å². The molecule has 0 aliphatic rings. The molecule has 0 amide bonds. The van der Waals surface area contributed by atoms with E-state index in [-0.39, 0.29) is 11.5 Å². The van der Waals surface area contributed by atoms with Gasteiger partial charge in [0.1, 0.15) is 11.5 Å². The summed E-state index contributed by atoms with van der Waals surface area (Å²) in [5.41, 5.74) is -1.13. The fraction of sp³-hybridized carbons (Fsp3) is 0. The van der Waals surface area contributed by atoms with Gasteiger partial charge in [0.15, 0.2) is 23.3 Å². The maximum atomic E-state index is 13.8. The van der Waals surface area contributed by atoms with Crippen molar-refractivity contribution in [3.8, 4) is 11.5 Å². The molecule has 0 spiro atoms. The van der Waals surface area contributed by atoms with E-state index in [0.29, 0.717) is 10.8 Å². The molecule has 4 rings (SSSR count). The van der Waals surface area contributed by atoms with E-state index in [1.165, 1.54) is 36.4 Å². The Bertz CT molecular complexity index is 1270. The van der Waals surface area contributed by atoms with Crippen molar-refractivity contribution in [2.75, 3.05) is 0 Å². The second kappa shape index (κ2) is 8.50. The zero-order valence-corrected chi connectivity index (χ0v) is 16.1. The predicted molar refractivity (Wildman–Crippen MR) is 107 cm³/mol. The molecular formula is C24H12F4O4. The second-order valence-corrected chi connectivity index (χ2v) is 6.65. The molecule has 0 radical (unpaired) electrons. The molecule has 0 unspecified atom stereocenters. The van der Waals surface area contributed by atoms with E-state index in [2.05, 4.69) is 0 Å². The Morgan fingerprint density at radius 2 is 1.00 bits per heavy atom. The van der Waals surface area contributed by atoms with E-state index in [1.807, 2.05) is 0 Å². The molecule has 0 saturated heterocycles. The lowest BCUT2D eigenvalue weighted by molar-refractivity contribution is 0.0719. The zero-order valence-electron chi connectivity index (χ0n) is 16.1. The van der Waals surface area contributed by atoms with Gasteiger partial charge in [-0.3, -0.25) is 0 Å². The summed E-state index contributed by atoms with van der Waals surface area (Å²) in [6, 6.07) is 15.2. The van der Waals surface area contributed by atoms with E-state index < -0.39 is 46.3 Å². The highest BCUT2D eigenvalue weighted by Crippen LogP contribution is 2.27. The van der Waals surface area contributed by atoms with Gasteiger partial charge in [0.25, 0.3) is 0 Å². The van der Waals surface area contributed by atoms with E-state index in [1.54, 1.807) is 12.1 Å². The summed E-state index contributed by atoms with van der Waals surface area (Å²) in [5.74, 6) is -7.12. The molecule has 160 valence electrons. The molecule has 32 heavy (non-hydrogen) atoms. The molecule has 8 heteroatoms. The minimum Gasteiger partial charge on any atom is -0.423 e. The average molecular weight is 440 g/mol. The zero-order chi connectivity index (χ0) is 22.8. The first kappa shape index (κ1) is 21.0. The van der Waals surface area contributed by atoms with Gasteiger partial charge < -0.3 is 9.47 Å². The Kier molecular flexibility index (Phi) is 5.59. The van der Waals surface area contributed by atoms with Crippen molar-refractivity contribution >= 4 is 22.7 Å². The highest BCUT2D eigenvalue weighted by molar-refractivity contribution is 5.94. The molecule has 0 aliphatic carbocycles. The summed E-state index contributed by atoms with van der Waals surface area (Å²) in [6.45, 7) is 0. The van der Waals surface area contributed by atoms with Gasteiger partial charge in [-0.05, 0) is 59.3 Å². The highest BCUT2D eigenvalue weighted by Gasteiger charge is 2.19. The number of esters is 2. The van der Waals surface area contributed by atoms with Crippen LogP contribution < -0.4 is 9.47 Å². The van der Waals surface area contributed by atoms with Crippen LogP contribution in [0.3, 0.4) is 0 Å². The minimum atomic E-state index is -1.32. The first-order valence-electron chi connectivity index (χ1n) is 9.19. The van der Waals surface area contributed by atoms with Crippen molar-refractivity contribution in [2.45, 2.75) is 0 Å². The largest absolute Gasteiger partial charge is 0.423 e. The van der Waals surface area contributed by atoms with Crippen LogP contribution in [0.25, 0.3) is 10.8 Å². The SMILES string of the molecule is O=C(Oc1ccc2ccc(OC(=O)c3cccc(F)c3F)cc2c1)c1cccc(F)c1F. The maximum absolute atomic E-state index is 13.8. The fourth-order valence-corrected chi connectivity index (χ4v) is 2.98. The first-order valence-corrected chi connectivity index (χ1v) is 9.19. The van der Waals surface area contributed by atoms with Crippen LogP contribution in [0.4, 0.5) is 17.6 Å². The van der Waals surface area contributed by atoms with E-state index in [4.69, 9.17) is 9.47 Å². The Hall–Kier alpha value is -4.20. The third kappa shape index (κ3) is 4.15. The minimum absolute atomic E-state index is 0.0332. The Morgan fingerprint density at radius 3 is 1.44 bits per heavy atom. The number of fused-ring (bicyclic) bond motifs is 1. The van der Waals surface area contributed by atoms with Gasteiger partial charge in [-0.25, -0.2) is 27.2 Å². The predicted octanol–water partition coefficient (Wildman–Crippen LogP) is 5.83. The van der Waals surface area contributed by atoms with E-state index in [0.717, 1.165) is 24.3 Å². The number of rotatable bonds is 4. The summed E-state index contributed by atoms with van der Waals surface area (Å²) in [5, 5.41) is 1.15. The van der Waals surface area contributed by atoms with Crippen LogP contribution in [0.5, 0.6) is 11.5 Å².